The lowest BCUT2D eigenvalue weighted by molar-refractivity contribution is 1.47. The zero-order valence-electron chi connectivity index (χ0n) is 9.91. The minimum absolute atomic E-state index is 0.834. The molecule has 0 aliphatic rings. The molecule has 0 aliphatic heterocycles. The van der Waals surface area contributed by atoms with Crippen LogP contribution in [-0.2, 0) is 0 Å². The molecule has 3 heteroatoms. The Labute approximate surface area is 118 Å². The van der Waals surface area contributed by atoms with Gasteiger partial charge in [0.1, 0.15) is 0 Å². The van der Waals surface area contributed by atoms with Gasteiger partial charge in [0.15, 0.2) is 0 Å². The van der Waals surface area contributed by atoms with Crippen molar-refractivity contribution >= 4 is 43.0 Å². The lowest BCUT2D eigenvalue weighted by Crippen LogP contribution is -1.89. The van der Waals surface area contributed by atoms with Crippen molar-refractivity contribution in [3.8, 4) is 11.1 Å². The number of thiophene rings is 1. The normalized spacial score (nSPS) is 11.0. The van der Waals surface area contributed by atoms with Gasteiger partial charge in [-0.15, -0.1) is 11.3 Å². The molecule has 0 saturated heterocycles. The van der Waals surface area contributed by atoms with Crippen molar-refractivity contribution in [1.29, 1.82) is 0 Å². The zero-order chi connectivity index (χ0) is 12.7. The molecule has 0 aliphatic carbocycles. The first-order chi connectivity index (χ1) is 8.66. The lowest BCUT2D eigenvalue weighted by Gasteiger charge is -2.06. The molecule has 3 rings (SSSR count). The van der Waals surface area contributed by atoms with Crippen LogP contribution in [0.25, 0.3) is 21.2 Å². The number of fused-ring (bicyclic) bond motifs is 1. The maximum Gasteiger partial charge on any atom is 0.0491 e. The van der Waals surface area contributed by atoms with Crippen LogP contribution < -0.4 is 5.73 Å². The van der Waals surface area contributed by atoms with E-state index < -0.39 is 0 Å². The SMILES string of the molecule is Cc1ccc(N)c(-c2csc3c(Br)cccc23)c1. The fourth-order valence-corrected chi connectivity index (χ4v) is 3.76. The number of rotatable bonds is 1. The number of halogens is 1. The van der Waals surface area contributed by atoms with Gasteiger partial charge in [0.2, 0.25) is 0 Å². The maximum absolute atomic E-state index is 6.10. The third kappa shape index (κ3) is 1.84. The summed E-state index contributed by atoms with van der Waals surface area (Å²) in [5.41, 5.74) is 10.5. The van der Waals surface area contributed by atoms with Crippen molar-refractivity contribution in [2.24, 2.45) is 0 Å². The molecule has 1 heterocycles. The van der Waals surface area contributed by atoms with Crippen LogP contribution in [-0.4, -0.2) is 0 Å². The molecule has 18 heavy (non-hydrogen) atoms. The molecule has 0 spiro atoms. The first-order valence-corrected chi connectivity index (χ1v) is 7.36. The lowest BCUT2D eigenvalue weighted by atomic mass is 10.0. The van der Waals surface area contributed by atoms with Gasteiger partial charge in [-0.1, -0.05) is 23.8 Å². The summed E-state index contributed by atoms with van der Waals surface area (Å²) in [6, 6.07) is 12.5. The summed E-state index contributed by atoms with van der Waals surface area (Å²) in [6.45, 7) is 2.09. The van der Waals surface area contributed by atoms with Crippen molar-refractivity contribution < 1.29 is 0 Å². The predicted molar refractivity (Wildman–Crippen MR) is 84.1 cm³/mol. The molecule has 3 aromatic rings. The Kier molecular flexibility index (Phi) is 2.88. The van der Waals surface area contributed by atoms with Crippen LogP contribution in [0, 0.1) is 6.92 Å². The molecule has 0 radical (unpaired) electrons. The van der Waals surface area contributed by atoms with E-state index >= 15 is 0 Å². The summed E-state index contributed by atoms with van der Waals surface area (Å²) >= 11 is 5.34. The Balaban J connectivity index is 2.32. The van der Waals surface area contributed by atoms with Crippen LogP contribution in [0.4, 0.5) is 5.69 Å². The largest absolute Gasteiger partial charge is 0.398 e. The molecule has 2 N–H and O–H groups in total. The van der Waals surface area contributed by atoms with Crippen molar-refractivity contribution in [2.45, 2.75) is 6.92 Å². The van der Waals surface area contributed by atoms with Crippen LogP contribution in [0.3, 0.4) is 0 Å². The van der Waals surface area contributed by atoms with E-state index in [1.807, 2.05) is 12.1 Å². The van der Waals surface area contributed by atoms with Crippen molar-refractivity contribution in [3.05, 3.63) is 51.8 Å². The van der Waals surface area contributed by atoms with Crippen molar-refractivity contribution in [1.82, 2.24) is 0 Å². The molecule has 90 valence electrons. The third-order valence-corrected chi connectivity index (χ3v) is 5.00. The number of nitrogen functional groups attached to an aromatic ring is 1. The Hall–Kier alpha value is -1.32. The second-order valence-electron chi connectivity index (χ2n) is 4.36. The van der Waals surface area contributed by atoms with E-state index in [1.165, 1.54) is 21.2 Å². The number of benzene rings is 2. The first-order valence-electron chi connectivity index (χ1n) is 5.69. The Morgan fingerprint density at radius 1 is 1.11 bits per heavy atom. The maximum atomic E-state index is 6.10. The molecule has 1 nitrogen and oxygen atoms in total. The summed E-state index contributed by atoms with van der Waals surface area (Å²) in [4.78, 5) is 0. The van der Waals surface area contributed by atoms with Crippen LogP contribution in [0.15, 0.2) is 46.3 Å². The first kappa shape index (κ1) is 11.8. The van der Waals surface area contributed by atoms with Gasteiger partial charge in [-0.25, -0.2) is 0 Å². The molecule has 0 unspecified atom stereocenters. The van der Waals surface area contributed by atoms with E-state index in [-0.39, 0.29) is 0 Å². The number of aryl methyl sites for hydroxylation is 1. The highest BCUT2D eigenvalue weighted by Crippen LogP contribution is 2.39. The van der Waals surface area contributed by atoms with Crippen molar-refractivity contribution in [3.63, 3.8) is 0 Å². The van der Waals surface area contributed by atoms with Gasteiger partial charge in [-0.05, 0) is 46.4 Å². The summed E-state index contributed by atoms with van der Waals surface area (Å²) in [6.07, 6.45) is 0. The number of hydrogen-bond acceptors (Lipinski definition) is 2. The van der Waals surface area contributed by atoms with Gasteiger partial charge in [0.25, 0.3) is 0 Å². The molecule has 0 fully saturated rings. The van der Waals surface area contributed by atoms with Gasteiger partial charge in [-0.2, -0.15) is 0 Å². The summed E-state index contributed by atoms with van der Waals surface area (Å²) < 4.78 is 2.41. The van der Waals surface area contributed by atoms with E-state index in [9.17, 15) is 0 Å². The summed E-state index contributed by atoms with van der Waals surface area (Å²) in [5.74, 6) is 0. The fraction of sp³-hybridized carbons (Fsp3) is 0.0667. The molecule has 0 atom stereocenters. The van der Waals surface area contributed by atoms with Gasteiger partial charge in [-0.3, -0.25) is 0 Å². The second kappa shape index (κ2) is 4.41. The Morgan fingerprint density at radius 3 is 2.78 bits per heavy atom. The van der Waals surface area contributed by atoms with Crippen LogP contribution >= 0.6 is 27.3 Å². The molecular weight excluding hydrogens is 306 g/mol. The molecule has 0 amide bonds. The minimum atomic E-state index is 0.834. The number of anilines is 1. The van der Waals surface area contributed by atoms with E-state index in [1.54, 1.807) is 11.3 Å². The minimum Gasteiger partial charge on any atom is -0.398 e. The van der Waals surface area contributed by atoms with E-state index in [2.05, 4.69) is 52.5 Å². The van der Waals surface area contributed by atoms with Gasteiger partial charge < -0.3 is 5.73 Å². The van der Waals surface area contributed by atoms with Crippen LogP contribution in [0.1, 0.15) is 5.56 Å². The fourth-order valence-electron chi connectivity index (χ4n) is 2.13. The monoisotopic (exact) mass is 317 g/mol. The molecule has 0 saturated carbocycles. The smallest absolute Gasteiger partial charge is 0.0491 e. The van der Waals surface area contributed by atoms with Gasteiger partial charge >= 0.3 is 0 Å². The highest BCUT2D eigenvalue weighted by atomic mass is 79.9. The van der Waals surface area contributed by atoms with E-state index in [4.69, 9.17) is 5.73 Å². The predicted octanol–water partition coefficient (Wildman–Crippen LogP) is 5.22. The Bertz CT molecular complexity index is 730. The zero-order valence-corrected chi connectivity index (χ0v) is 12.3. The standard InChI is InChI=1S/C15H12BrNS/c1-9-5-6-14(17)11(7-9)12-8-18-15-10(12)3-2-4-13(15)16/h2-8H,17H2,1H3. The Morgan fingerprint density at radius 2 is 1.94 bits per heavy atom. The van der Waals surface area contributed by atoms with Crippen molar-refractivity contribution in [2.75, 3.05) is 5.73 Å². The van der Waals surface area contributed by atoms with E-state index in [0.29, 0.717) is 0 Å². The van der Waals surface area contributed by atoms with Gasteiger partial charge in [0.05, 0.1) is 0 Å². The summed E-state index contributed by atoms with van der Waals surface area (Å²) in [7, 11) is 0. The number of nitrogens with two attached hydrogens (primary N) is 1. The van der Waals surface area contributed by atoms with Crippen LogP contribution in [0.5, 0.6) is 0 Å². The topological polar surface area (TPSA) is 26.0 Å². The molecule has 1 aromatic heterocycles. The highest BCUT2D eigenvalue weighted by Gasteiger charge is 2.10. The number of hydrogen-bond donors (Lipinski definition) is 1. The second-order valence-corrected chi connectivity index (χ2v) is 6.09. The quantitative estimate of drug-likeness (QED) is 0.612. The highest BCUT2D eigenvalue weighted by molar-refractivity contribution is 9.10. The molecule has 0 bridgehead atoms. The molecular formula is C15H12BrNS. The molecule has 2 aromatic carbocycles. The average Bonchev–Trinajstić information content (AvgIpc) is 2.77. The van der Waals surface area contributed by atoms with Crippen LogP contribution in [0.2, 0.25) is 0 Å². The summed E-state index contributed by atoms with van der Waals surface area (Å²) in [5, 5.41) is 3.44. The van der Waals surface area contributed by atoms with E-state index in [0.717, 1.165) is 15.7 Å². The van der Waals surface area contributed by atoms with Gasteiger partial charge in [0, 0.05) is 31.4 Å². The third-order valence-electron chi connectivity index (χ3n) is 3.05. The average molecular weight is 318 g/mol.